The standard InChI is InChI=1S/C13H21NO2/c1-13(2)4-3-11(10-15)12(9-13)14-5-7-16-8-6-14/h9-11H,3-8H2,1-2H3. The largest absolute Gasteiger partial charge is 0.378 e. The van der Waals surface area contributed by atoms with Gasteiger partial charge in [-0.15, -0.1) is 0 Å². The van der Waals surface area contributed by atoms with E-state index in [4.69, 9.17) is 4.74 Å². The summed E-state index contributed by atoms with van der Waals surface area (Å²) in [5.41, 5.74) is 1.46. The van der Waals surface area contributed by atoms with Crippen molar-refractivity contribution >= 4 is 6.29 Å². The number of allylic oxidation sites excluding steroid dienone is 2. The number of carbonyl (C=O) groups excluding carboxylic acids is 1. The van der Waals surface area contributed by atoms with Gasteiger partial charge in [0.15, 0.2) is 0 Å². The number of hydrogen-bond donors (Lipinski definition) is 0. The van der Waals surface area contributed by atoms with Gasteiger partial charge >= 0.3 is 0 Å². The van der Waals surface area contributed by atoms with Crippen LogP contribution in [0.25, 0.3) is 0 Å². The summed E-state index contributed by atoms with van der Waals surface area (Å²) in [7, 11) is 0. The SMILES string of the molecule is CC1(C)C=C(N2CCOCC2)C(C=O)CC1. The van der Waals surface area contributed by atoms with Gasteiger partial charge in [-0.1, -0.05) is 19.9 Å². The van der Waals surface area contributed by atoms with Crippen LogP contribution in [0, 0.1) is 11.3 Å². The van der Waals surface area contributed by atoms with Crippen LogP contribution in [0.15, 0.2) is 11.8 Å². The van der Waals surface area contributed by atoms with Crippen molar-refractivity contribution in [2.45, 2.75) is 26.7 Å². The van der Waals surface area contributed by atoms with Crippen LogP contribution in [0.5, 0.6) is 0 Å². The number of hydrogen-bond acceptors (Lipinski definition) is 3. The average molecular weight is 223 g/mol. The second-order valence-electron chi connectivity index (χ2n) is 5.44. The molecule has 0 saturated carbocycles. The van der Waals surface area contributed by atoms with Gasteiger partial charge < -0.3 is 14.4 Å². The van der Waals surface area contributed by atoms with Gasteiger partial charge in [-0.2, -0.15) is 0 Å². The molecule has 2 aliphatic rings. The van der Waals surface area contributed by atoms with Crippen LogP contribution in [0.1, 0.15) is 26.7 Å². The number of carbonyl (C=O) groups is 1. The molecule has 1 fully saturated rings. The molecular weight excluding hydrogens is 202 g/mol. The molecule has 0 aromatic rings. The van der Waals surface area contributed by atoms with E-state index in [0.717, 1.165) is 45.4 Å². The molecule has 0 amide bonds. The zero-order chi connectivity index (χ0) is 11.6. The molecule has 0 aromatic carbocycles. The molecule has 2 rings (SSSR count). The predicted molar refractivity (Wildman–Crippen MR) is 63.0 cm³/mol. The lowest BCUT2D eigenvalue weighted by Crippen LogP contribution is -2.40. The van der Waals surface area contributed by atoms with E-state index >= 15 is 0 Å². The highest BCUT2D eigenvalue weighted by atomic mass is 16.5. The number of ether oxygens (including phenoxy) is 1. The molecule has 3 heteroatoms. The zero-order valence-electron chi connectivity index (χ0n) is 10.2. The molecular formula is C13H21NO2. The first-order valence-electron chi connectivity index (χ1n) is 6.13. The maximum Gasteiger partial charge on any atom is 0.128 e. The van der Waals surface area contributed by atoms with E-state index in [1.807, 2.05) is 0 Å². The first kappa shape index (κ1) is 11.6. The van der Waals surface area contributed by atoms with Crippen molar-refractivity contribution in [1.82, 2.24) is 4.90 Å². The highest BCUT2D eigenvalue weighted by molar-refractivity contribution is 5.59. The van der Waals surface area contributed by atoms with Crippen molar-refractivity contribution in [2.75, 3.05) is 26.3 Å². The fourth-order valence-electron chi connectivity index (χ4n) is 2.54. The van der Waals surface area contributed by atoms with Crippen molar-refractivity contribution in [3.63, 3.8) is 0 Å². The van der Waals surface area contributed by atoms with E-state index in [1.54, 1.807) is 0 Å². The first-order valence-corrected chi connectivity index (χ1v) is 6.13. The molecule has 0 bridgehead atoms. The van der Waals surface area contributed by atoms with Crippen LogP contribution in [0.3, 0.4) is 0 Å². The molecule has 1 unspecified atom stereocenters. The summed E-state index contributed by atoms with van der Waals surface area (Å²) in [6.45, 7) is 7.90. The maximum absolute atomic E-state index is 11.1. The Kier molecular flexibility index (Phi) is 3.33. The van der Waals surface area contributed by atoms with E-state index in [2.05, 4.69) is 24.8 Å². The Bertz CT molecular complexity index is 290. The van der Waals surface area contributed by atoms with E-state index in [9.17, 15) is 4.79 Å². The lowest BCUT2D eigenvalue weighted by atomic mass is 9.77. The smallest absolute Gasteiger partial charge is 0.128 e. The van der Waals surface area contributed by atoms with Crippen molar-refractivity contribution in [3.8, 4) is 0 Å². The third-order valence-corrected chi connectivity index (χ3v) is 3.56. The Labute approximate surface area is 97.5 Å². The summed E-state index contributed by atoms with van der Waals surface area (Å²) in [5, 5.41) is 0. The Morgan fingerprint density at radius 2 is 2.12 bits per heavy atom. The molecule has 90 valence electrons. The van der Waals surface area contributed by atoms with Gasteiger partial charge in [-0.3, -0.25) is 0 Å². The number of morpholine rings is 1. The minimum Gasteiger partial charge on any atom is -0.378 e. The van der Waals surface area contributed by atoms with Crippen molar-refractivity contribution in [1.29, 1.82) is 0 Å². The van der Waals surface area contributed by atoms with Gasteiger partial charge in [0.25, 0.3) is 0 Å². The zero-order valence-corrected chi connectivity index (χ0v) is 10.2. The van der Waals surface area contributed by atoms with Crippen LogP contribution in [-0.2, 0) is 9.53 Å². The molecule has 0 N–H and O–H groups in total. The molecule has 1 aliphatic heterocycles. The molecule has 0 spiro atoms. The molecule has 1 saturated heterocycles. The first-order chi connectivity index (χ1) is 7.62. The lowest BCUT2D eigenvalue weighted by Gasteiger charge is -2.39. The third-order valence-electron chi connectivity index (χ3n) is 3.56. The fraction of sp³-hybridized carbons (Fsp3) is 0.769. The van der Waals surface area contributed by atoms with Gasteiger partial charge in [-0.25, -0.2) is 0 Å². The Morgan fingerprint density at radius 3 is 2.75 bits per heavy atom. The van der Waals surface area contributed by atoms with Crippen LogP contribution in [0.2, 0.25) is 0 Å². The van der Waals surface area contributed by atoms with Crippen LogP contribution < -0.4 is 0 Å². The molecule has 0 radical (unpaired) electrons. The summed E-state index contributed by atoms with van der Waals surface area (Å²) < 4.78 is 5.35. The fourth-order valence-corrected chi connectivity index (χ4v) is 2.54. The minimum atomic E-state index is 0.103. The quantitative estimate of drug-likeness (QED) is 0.669. The third kappa shape index (κ3) is 2.46. The highest BCUT2D eigenvalue weighted by Gasteiger charge is 2.30. The molecule has 1 aliphatic carbocycles. The number of nitrogens with zero attached hydrogens (tertiary/aromatic N) is 1. The van der Waals surface area contributed by atoms with E-state index in [-0.39, 0.29) is 11.3 Å². The monoisotopic (exact) mass is 223 g/mol. The molecule has 3 nitrogen and oxygen atoms in total. The molecule has 0 aromatic heterocycles. The molecule has 1 atom stereocenters. The van der Waals surface area contributed by atoms with E-state index < -0.39 is 0 Å². The normalized spacial score (nSPS) is 29.8. The maximum atomic E-state index is 11.1. The predicted octanol–water partition coefficient (Wildman–Crippen LogP) is 1.84. The van der Waals surface area contributed by atoms with Crippen molar-refractivity contribution in [2.24, 2.45) is 11.3 Å². The second kappa shape index (κ2) is 4.58. The van der Waals surface area contributed by atoms with Gasteiger partial charge in [0.05, 0.1) is 19.1 Å². The van der Waals surface area contributed by atoms with Crippen molar-refractivity contribution in [3.05, 3.63) is 11.8 Å². The van der Waals surface area contributed by atoms with Crippen LogP contribution in [0.4, 0.5) is 0 Å². The van der Waals surface area contributed by atoms with Gasteiger partial charge in [0, 0.05) is 18.8 Å². The van der Waals surface area contributed by atoms with Crippen LogP contribution >= 0.6 is 0 Å². The summed E-state index contributed by atoms with van der Waals surface area (Å²) in [5.74, 6) is 0.103. The summed E-state index contributed by atoms with van der Waals surface area (Å²) in [4.78, 5) is 13.4. The summed E-state index contributed by atoms with van der Waals surface area (Å²) in [6, 6.07) is 0. The lowest BCUT2D eigenvalue weighted by molar-refractivity contribution is -0.111. The van der Waals surface area contributed by atoms with Gasteiger partial charge in [0.2, 0.25) is 0 Å². The van der Waals surface area contributed by atoms with E-state index in [0.29, 0.717) is 0 Å². The molecule has 1 heterocycles. The topological polar surface area (TPSA) is 29.5 Å². The number of rotatable bonds is 2. The van der Waals surface area contributed by atoms with Gasteiger partial charge in [-0.05, 0) is 18.3 Å². The van der Waals surface area contributed by atoms with Crippen molar-refractivity contribution < 1.29 is 9.53 Å². The van der Waals surface area contributed by atoms with Crippen LogP contribution in [-0.4, -0.2) is 37.5 Å². The summed E-state index contributed by atoms with van der Waals surface area (Å²) >= 11 is 0. The molecule has 16 heavy (non-hydrogen) atoms. The van der Waals surface area contributed by atoms with Gasteiger partial charge in [0.1, 0.15) is 6.29 Å². The Hall–Kier alpha value is -0.830. The minimum absolute atomic E-state index is 0.103. The van der Waals surface area contributed by atoms with E-state index in [1.165, 1.54) is 5.70 Å². The average Bonchev–Trinajstić information content (AvgIpc) is 2.29. The number of aldehydes is 1. The Morgan fingerprint density at radius 1 is 1.44 bits per heavy atom. The summed E-state index contributed by atoms with van der Waals surface area (Å²) in [6.07, 6.45) is 5.49. The highest BCUT2D eigenvalue weighted by Crippen LogP contribution is 2.37. The second-order valence-corrected chi connectivity index (χ2v) is 5.44. The Balaban J connectivity index is 2.18.